The van der Waals surface area contributed by atoms with Crippen molar-refractivity contribution in [2.45, 2.75) is 17.5 Å². The summed E-state index contributed by atoms with van der Waals surface area (Å²) in [6.07, 6.45) is 3.12. The molecule has 0 saturated carbocycles. The third-order valence-corrected chi connectivity index (χ3v) is 6.91. The van der Waals surface area contributed by atoms with Gasteiger partial charge in [-0.25, -0.2) is 13.2 Å². The predicted molar refractivity (Wildman–Crippen MR) is 122 cm³/mol. The molecule has 3 aromatic rings. The molecule has 0 bridgehead atoms. The number of pyridine rings is 1. The number of carbonyl (C=O) groups is 2. The maximum Gasteiger partial charge on any atom is 0.322 e. The molecule has 4 rings (SSSR count). The summed E-state index contributed by atoms with van der Waals surface area (Å²) in [5.74, 6) is 1.12. The summed E-state index contributed by atoms with van der Waals surface area (Å²) in [6, 6.07) is 14.7. The molecule has 0 spiro atoms. The SMILES string of the molecule is COc1ccc(Oc2ccc(S(=O)(=O)N(Cc3cccnc3)C[C@@H]3NC(=O)NC3=O)cc2)cc1. The van der Waals surface area contributed by atoms with E-state index in [1.807, 2.05) is 0 Å². The first-order valence-electron chi connectivity index (χ1n) is 10.3. The van der Waals surface area contributed by atoms with Gasteiger partial charge in [-0.05, 0) is 60.2 Å². The number of amides is 3. The summed E-state index contributed by atoms with van der Waals surface area (Å²) in [5.41, 5.74) is 0.635. The lowest BCUT2D eigenvalue weighted by Crippen LogP contribution is -2.44. The zero-order valence-electron chi connectivity index (χ0n) is 18.2. The zero-order chi connectivity index (χ0) is 24.1. The molecular weight excluding hydrogens is 460 g/mol. The second-order valence-corrected chi connectivity index (χ2v) is 9.36. The van der Waals surface area contributed by atoms with Crippen LogP contribution in [-0.2, 0) is 21.4 Å². The molecule has 1 saturated heterocycles. The van der Waals surface area contributed by atoms with Crippen LogP contribution in [0.1, 0.15) is 5.56 Å². The highest BCUT2D eigenvalue weighted by molar-refractivity contribution is 7.89. The molecule has 34 heavy (non-hydrogen) atoms. The van der Waals surface area contributed by atoms with Gasteiger partial charge in [0.25, 0.3) is 5.91 Å². The number of aromatic nitrogens is 1. The quantitative estimate of drug-likeness (QED) is 0.448. The van der Waals surface area contributed by atoms with Crippen LogP contribution in [0.5, 0.6) is 17.2 Å². The largest absolute Gasteiger partial charge is 0.497 e. The first-order valence-corrected chi connectivity index (χ1v) is 11.7. The van der Waals surface area contributed by atoms with Gasteiger partial charge >= 0.3 is 6.03 Å². The van der Waals surface area contributed by atoms with Crippen molar-refractivity contribution in [1.82, 2.24) is 19.9 Å². The predicted octanol–water partition coefficient (Wildman–Crippen LogP) is 2.28. The van der Waals surface area contributed by atoms with Crippen molar-refractivity contribution in [1.29, 1.82) is 0 Å². The minimum absolute atomic E-state index is 0.0169. The van der Waals surface area contributed by atoms with Gasteiger partial charge < -0.3 is 14.8 Å². The third kappa shape index (κ3) is 5.33. The summed E-state index contributed by atoms with van der Waals surface area (Å²) in [5, 5.41) is 4.56. The molecule has 1 fully saturated rings. The van der Waals surface area contributed by atoms with Gasteiger partial charge in [0.1, 0.15) is 23.3 Å². The maximum absolute atomic E-state index is 13.5. The number of nitrogens with zero attached hydrogens (tertiary/aromatic N) is 2. The van der Waals surface area contributed by atoms with Crippen LogP contribution in [0.2, 0.25) is 0 Å². The number of hydrogen-bond donors (Lipinski definition) is 2. The van der Waals surface area contributed by atoms with Crippen LogP contribution in [0.4, 0.5) is 4.79 Å². The lowest BCUT2D eigenvalue weighted by atomic mass is 10.2. The molecule has 1 atom stereocenters. The molecule has 2 N–H and O–H groups in total. The van der Waals surface area contributed by atoms with Crippen LogP contribution in [-0.4, -0.2) is 49.3 Å². The van der Waals surface area contributed by atoms with Crippen molar-refractivity contribution in [2.24, 2.45) is 0 Å². The van der Waals surface area contributed by atoms with E-state index in [9.17, 15) is 18.0 Å². The van der Waals surface area contributed by atoms with Crippen molar-refractivity contribution < 1.29 is 27.5 Å². The number of imide groups is 1. The van der Waals surface area contributed by atoms with E-state index in [0.717, 1.165) is 4.31 Å². The Balaban J connectivity index is 1.55. The van der Waals surface area contributed by atoms with Gasteiger partial charge in [0.05, 0.1) is 12.0 Å². The Labute approximate surface area is 196 Å². The molecule has 2 aromatic carbocycles. The van der Waals surface area contributed by atoms with Gasteiger partial charge in [-0.1, -0.05) is 6.07 Å². The minimum Gasteiger partial charge on any atom is -0.497 e. The van der Waals surface area contributed by atoms with Gasteiger partial charge in [0.15, 0.2) is 0 Å². The monoisotopic (exact) mass is 482 g/mol. The Morgan fingerprint density at radius 1 is 0.971 bits per heavy atom. The van der Waals surface area contributed by atoms with Crippen LogP contribution in [0.25, 0.3) is 0 Å². The molecule has 1 aliphatic heterocycles. The summed E-state index contributed by atoms with van der Waals surface area (Å²) < 4.78 is 38.9. The molecule has 0 unspecified atom stereocenters. The second-order valence-electron chi connectivity index (χ2n) is 7.42. The summed E-state index contributed by atoms with van der Waals surface area (Å²) in [6.45, 7) is -0.265. The van der Waals surface area contributed by atoms with Crippen LogP contribution < -0.4 is 20.1 Å². The number of sulfonamides is 1. The standard InChI is InChI=1S/C23H22N4O6S/c1-32-17-4-6-18(7-5-17)33-19-8-10-20(11-9-19)34(30,31)27(14-16-3-2-12-24-13-16)15-21-22(28)26-23(29)25-21/h2-13,21H,14-15H2,1H3,(H2,25,26,28,29)/t21-/m0/s1. The van der Waals surface area contributed by atoms with Gasteiger partial charge in [-0.2, -0.15) is 4.31 Å². The van der Waals surface area contributed by atoms with Crippen LogP contribution >= 0.6 is 0 Å². The van der Waals surface area contributed by atoms with Gasteiger partial charge in [-0.15, -0.1) is 0 Å². The molecule has 1 aliphatic rings. The van der Waals surface area contributed by atoms with E-state index in [1.165, 1.54) is 12.1 Å². The first-order chi connectivity index (χ1) is 16.3. The number of methoxy groups -OCH3 is 1. The van der Waals surface area contributed by atoms with Crippen LogP contribution in [0.15, 0.2) is 78.0 Å². The third-order valence-electron chi connectivity index (χ3n) is 5.08. The van der Waals surface area contributed by atoms with E-state index < -0.39 is 28.0 Å². The van der Waals surface area contributed by atoms with Crippen molar-refractivity contribution in [3.8, 4) is 17.2 Å². The smallest absolute Gasteiger partial charge is 0.322 e. The van der Waals surface area contributed by atoms with Crippen LogP contribution in [0, 0.1) is 0 Å². The molecule has 2 heterocycles. The molecular formula is C23H22N4O6S. The van der Waals surface area contributed by atoms with Crippen molar-refractivity contribution in [3.05, 3.63) is 78.6 Å². The molecule has 3 amide bonds. The highest BCUT2D eigenvalue weighted by Crippen LogP contribution is 2.26. The molecule has 10 nitrogen and oxygen atoms in total. The number of benzene rings is 2. The van der Waals surface area contributed by atoms with Crippen LogP contribution in [0.3, 0.4) is 0 Å². The Kier molecular flexibility index (Phi) is 6.75. The lowest BCUT2D eigenvalue weighted by Gasteiger charge is -2.24. The van der Waals surface area contributed by atoms with Gasteiger partial charge in [0.2, 0.25) is 10.0 Å². The van der Waals surface area contributed by atoms with Crippen molar-refractivity contribution in [3.63, 3.8) is 0 Å². The van der Waals surface area contributed by atoms with E-state index >= 15 is 0 Å². The van der Waals surface area contributed by atoms with E-state index in [2.05, 4.69) is 15.6 Å². The number of nitrogens with one attached hydrogen (secondary N) is 2. The van der Waals surface area contributed by atoms with E-state index in [4.69, 9.17) is 9.47 Å². The number of ether oxygens (including phenoxy) is 2. The number of carbonyl (C=O) groups excluding carboxylic acids is 2. The van der Waals surface area contributed by atoms with E-state index in [1.54, 1.807) is 68.0 Å². The fourth-order valence-corrected chi connectivity index (χ4v) is 4.79. The number of hydrogen-bond acceptors (Lipinski definition) is 7. The molecule has 11 heteroatoms. The Morgan fingerprint density at radius 2 is 1.62 bits per heavy atom. The Bertz CT molecular complexity index is 1270. The Morgan fingerprint density at radius 3 is 2.18 bits per heavy atom. The minimum atomic E-state index is -4.02. The molecule has 0 aliphatic carbocycles. The van der Waals surface area contributed by atoms with Crippen molar-refractivity contribution in [2.75, 3.05) is 13.7 Å². The van der Waals surface area contributed by atoms with Gasteiger partial charge in [-0.3, -0.25) is 15.1 Å². The first kappa shape index (κ1) is 23.2. The summed E-state index contributed by atoms with van der Waals surface area (Å²) in [7, 11) is -2.45. The number of urea groups is 1. The average Bonchev–Trinajstić information content (AvgIpc) is 3.16. The molecule has 1 aromatic heterocycles. The summed E-state index contributed by atoms with van der Waals surface area (Å²) in [4.78, 5) is 27.6. The lowest BCUT2D eigenvalue weighted by molar-refractivity contribution is -0.120. The summed E-state index contributed by atoms with van der Waals surface area (Å²) >= 11 is 0. The zero-order valence-corrected chi connectivity index (χ0v) is 19.0. The van der Waals surface area contributed by atoms with E-state index in [0.29, 0.717) is 22.8 Å². The Hall–Kier alpha value is -3.96. The van der Waals surface area contributed by atoms with Crippen molar-refractivity contribution >= 4 is 22.0 Å². The topological polar surface area (TPSA) is 127 Å². The fourth-order valence-electron chi connectivity index (χ4n) is 3.34. The highest BCUT2D eigenvalue weighted by atomic mass is 32.2. The maximum atomic E-state index is 13.5. The fraction of sp³-hybridized carbons (Fsp3) is 0.174. The number of rotatable bonds is 9. The normalized spacial score (nSPS) is 15.6. The van der Waals surface area contributed by atoms with Gasteiger partial charge in [0, 0.05) is 25.5 Å². The average molecular weight is 483 g/mol. The highest BCUT2D eigenvalue weighted by Gasteiger charge is 2.35. The molecule has 176 valence electrons. The molecule has 0 radical (unpaired) electrons. The van der Waals surface area contributed by atoms with E-state index in [-0.39, 0.29) is 18.0 Å². The second kappa shape index (κ2) is 9.89.